The third kappa shape index (κ3) is 4.28. The molecule has 6 heteroatoms. The Morgan fingerprint density at radius 1 is 1.06 bits per heavy atom. The Labute approximate surface area is 188 Å². The highest BCUT2D eigenvalue weighted by molar-refractivity contribution is 5.87. The molecule has 0 radical (unpaired) electrons. The van der Waals surface area contributed by atoms with Crippen LogP contribution in [0.15, 0.2) is 51.7 Å². The number of aryl methyl sites for hydroxylation is 1. The third-order valence-corrected chi connectivity index (χ3v) is 5.64. The smallest absolute Gasteiger partial charge is 0.347 e. The van der Waals surface area contributed by atoms with Crippen LogP contribution in [0.2, 0.25) is 0 Å². The first-order chi connectivity index (χ1) is 15.2. The van der Waals surface area contributed by atoms with Gasteiger partial charge >= 0.3 is 5.63 Å². The van der Waals surface area contributed by atoms with E-state index in [0.717, 1.165) is 29.5 Å². The van der Waals surface area contributed by atoms with Crippen LogP contribution in [0.4, 0.5) is 0 Å². The SMILES string of the molecule is CC(C)CN(Cc1c(O)ccc2cc(-c3nc4ccccc4n3C)c(=O)oc12)CC(C)C. The molecule has 168 valence electrons. The molecule has 0 spiro atoms. The summed E-state index contributed by atoms with van der Waals surface area (Å²) in [6, 6.07) is 13.1. The number of aromatic nitrogens is 2. The highest BCUT2D eigenvalue weighted by Gasteiger charge is 2.20. The standard InChI is InChI=1S/C26H31N3O3/c1-16(2)13-29(14-17(3)4)15-20-23(30)11-10-18-12-19(26(31)32-24(18)20)25-27-21-8-6-7-9-22(21)28(25)5/h6-12,16-17,30H,13-15H2,1-5H3. The van der Waals surface area contributed by atoms with Gasteiger partial charge in [-0.2, -0.15) is 0 Å². The molecule has 0 aliphatic carbocycles. The van der Waals surface area contributed by atoms with Crippen LogP contribution in [-0.2, 0) is 13.6 Å². The van der Waals surface area contributed by atoms with E-state index < -0.39 is 5.63 Å². The highest BCUT2D eigenvalue weighted by atomic mass is 16.4. The van der Waals surface area contributed by atoms with Crippen molar-refractivity contribution in [3.05, 3.63) is 58.4 Å². The lowest BCUT2D eigenvalue weighted by Crippen LogP contribution is -2.31. The molecular formula is C26H31N3O3. The maximum atomic E-state index is 13.1. The van der Waals surface area contributed by atoms with E-state index in [0.29, 0.717) is 40.9 Å². The van der Waals surface area contributed by atoms with E-state index in [2.05, 4.69) is 37.6 Å². The first-order valence-corrected chi connectivity index (χ1v) is 11.2. The molecule has 1 N–H and O–H groups in total. The summed E-state index contributed by atoms with van der Waals surface area (Å²) < 4.78 is 7.73. The van der Waals surface area contributed by atoms with Gasteiger partial charge in [-0.1, -0.05) is 39.8 Å². The summed E-state index contributed by atoms with van der Waals surface area (Å²) in [7, 11) is 1.90. The van der Waals surface area contributed by atoms with Crippen LogP contribution in [0.1, 0.15) is 33.3 Å². The first-order valence-electron chi connectivity index (χ1n) is 11.2. The van der Waals surface area contributed by atoms with Crippen LogP contribution < -0.4 is 5.63 Å². The molecule has 2 heterocycles. The number of hydrogen-bond donors (Lipinski definition) is 1. The average molecular weight is 434 g/mol. The summed E-state index contributed by atoms with van der Waals surface area (Å²) in [5, 5.41) is 11.4. The largest absolute Gasteiger partial charge is 0.507 e. The van der Waals surface area contributed by atoms with E-state index in [1.54, 1.807) is 12.1 Å². The molecule has 2 aromatic carbocycles. The van der Waals surface area contributed by atoms with Crippen molar-refractivity contribution in [2.75, 3.05) is 13.1 Å². The van der Waals surface area contributed by atoms with Gasteiger partial charge in [-0.05, 0) is 42.2 Å². The van der Waals surface area contributed by atoms with Crippen molar-refractivity contribution < 1.29 is 9.52 Å². The van der Waals surface area contributed by atoms with Crippen molar-refractivity contribution in [1.82, 2.24) is 14.5 Å². The molecular weight excluding hydrogens is 402 g/mol. The van der Waals surface area contributed by atoms with E-state index in [4.69, 9.17) is 4.42 Å². The lowest BCUT2D eigenvalue weighted by molar-refractivity contribution is 0.209. The van der Waals surface area contributed by atoms with Crippen LogP contribution in [-0.4, -0.2) is 32.6 Å². The Balaban J connectivity index is 1.81. The summed E-state index contributed by atoms with van der Waals surface area (Å²) in [5.74, 6) is 1.69. The van der Waals surface area contributed by atoms with Gasteiger partial charge in [-0.25, -0.2) is 9.78 Å². The van der Waals surface area contributed by atoms with Gasteiger partial charge in [-0.3, -0.25) is 4.90 Å². The fourth-order valence-electron chi connectivity index (χ4n) is 4.39. The monoisotopic (exact) mass is 433 g/mol. The molecule has 4 aromatic rings. The van der Waals surface area contributed by atoms with Crippen molar-refractivity contribution >= 4 is 22.0 Å². The Hall–Kier alpha value is -3.12. The number of nitrogens with zero attached hydrogens (tertiary/aromatic N) is 3. The topological polar surface area (TPSA) is 71.5 Å². The Kier molecular flexibility index (Phi) is 6.07. The van der Waals surface area contributed by atoms with Gasteiger partial charge in [0.05, 0.1) is 16.6 Å². The Morgan fingerprint density at radius 3 is 2.41 bits per heavy atom. The summed E-state index contributed by atoms with van der Waals surface area (Å²) in [6.45, 7) is 11.0. The van der Waals surface area contributed by atoms with Crippen molar-refractivity contribution in [2.24, 2.45) is 18.9 Å². The minimum atomic E-state index is -0.456. The second kappa shape index (κ2) is 8.79. The molecule has 0 aliphatic rings. The fraction of sp³-hybridized carbons (Fsp3) is 0.385. The lowest BCUT2D eigenvalue weighted by Gasteiger charge is -2.26. The zero-order chi connectivity index (χ0) is 23.0. The zero-order valence-corrected chi connectivity index (χ0v) is 19.4. The predicted octanol–water partition coefficient (Wildman–Crippen LogP) is 5.17. The van der Waals surface area contributed by atoms with Gasteiger partial charge in [-0.15, -0.1) is 0 Å². The molecule has 32 heavy (non-hydrogen) atoms. The van der Waals surface area contributed by atoms with Crippen LogP contribution in [0.5, 0.6) is 5.75 Å². The number of benzene rings is 2. The molecule has 6 nitrogen and oxygen atoms in total. The highest BCUT2D eigenvalue weighted by Crippen LogP contribution is 2.31. The Morgan fingerprint density at radius 2 is 1.75 bits per heavy atom. The number of phenolic OH excluding ortho intramolecular Hbond substituents is 1. The fourth-order valence-corrected chi connectivity index (χ4v) is 4.39. The molecule has 4 rings (SSSR count). The first kappa shape index (κ1) is 22.1. The van der Waals surface area contributed by atoms with Crippen LogP contribution in [0.25, 0.3) is 33.4 Å². The molecule has 0 aliphatic heterocycles. The number of phenols is 1. The predicted molar refractivity (Wildman–Crippen MR) is 129 cm³/mol. The molecule has 0 saturated carbocycles. The van der Waals surface area contributed by atoms with Gasteiger partial charge < -0.3 is 14.1 Å². The minimum absolute atomic E-state index is 0.147. The van der Waals surface area contributed by atoms with Crippen molar-refractivity contribution in [3.8, 4) is 17.1 Å². The van der Waals surface area contributed by atoms with E-state index >= 15 is 0 Å². The maximum absolute atomic E-state index is 13.1. The van der Waals surface area contributed by atoms with E-state index in [-0.39, 0.29) is 5.75 Å². The molecule has 0 fully saturated rings. The number of rotatable bonds is 7. The number of hydrogen-bond acceptors (Lipinski definition) is 5. The summed E-state index contributed by atoms with van der Waals surface area (Å²) >= 11 is 0. The Bertz CT molecular complexity index is 1310. The zero-order valence-electron chi connectivity index (χ0n) is 19.4. The van der Waals surface area contributed by atoms with Crippen LogP contribution in [0, 0.1) is 11.8 Å². The normalized spacial score (nSPS) is 12.1. The second-order valence-corrected chi connectivity index (χ2v) is 9.39. The molecule has 0 amide bonds. The minimum Gasteiger partial charge on any atom is -0.507 e. The summed E-state index contributed by atoms with van der Waals surface area (Å²) in [4.78, 5) is 20.0. The second-order valence-electron chi connectivity index (χ2n) is 9.39. The quantitative estimate of drug-likeness (QED) is 0.407. The molecule has 0 unspecified atom stereocenters. The van der Waals surface area contributed by atoms with Gasteiger partial charge in [0.15, 0.2) is 0 Å². The molecule has 0 saturated heterocycles. The van der Waals surface area contributed by atoms with Gasteiger partial charge in [0.2, 0.25) is 0 Å². The third-order valence-electron chi connectivity index (χ3n) is 5.64. The van der Waals surface area contributed by atoms with E-state index in [9.17, 15) is 9.90 Å². The van der Waals surface area contributed by atoms with E-state index in [1.807, 2.05) is 41.9 Å². The molecule has 0 atom stereocenters. The number of fused-ring (bicyclic) bond motifs is 2. The molecule has 2 aromatic heterocycles. The van der Waals surface area contributed by atoms with Crippen molar-refractivity contribution in [2.45, 2.75) is 34.2 Å². The number of imidazole rings is 1. The number of para-hydroxylation sites is 2. The summed E-state index contributed by atoms with van der Waals surface area (Å²) in [5.41, 5.74) is 2.82. The average Bonchev–Trinajstić information content (AvgIpc) is 3.05. The van der Waals surface area contributed by atoms with Crippen molar-refractivity contribution in [1.29, 1.82) is 0 Å². The lowest BCUT2D eigenvalue weighted by atomic mass is 10.1. The van der Waals surface area contributed by atoms with Crippen LogP contribution >= 0.6 is 0 Å². The van der Waals surface area contributed by atoms with E-state index in [1.165, 1.54) is 0 Å². The van der Waals surface area contributed by atoms with Gasteiger partial charge in [0.25, 0.3) is 0 Å². The molecule has 0 bridgehead atoms. The number of aromatic hydroxyl groups is 1. The van der Waals surface area contributed by atoms with Gasteiger partial charge in [0.1, 0.15) is 22.7 Å². The van der Waals surface area contributed by atoms with Gasteiger partial charge in [0, 0.05) is 32.1 Å². The summed E-state index contributed by atoms with van der Waals surface area (Å²) in [6.07, 6.45) is 0. The van der Waals surface area contributed by atoms with Crippen LogP contribution in [0.3, 0.4) is 0 Å². The maximum Gasteiger partial charge on any atom is 0.347 e. The van der Waals surface area contributed by atoms with Crippen molar-refractivity contribution in [3.63, 3.8) is 0 Å².